The molecule has 2 unspecified atom stereocenters. The second-order valence-corrected chi connectivity index (χ2v) is 7.11. The van der Waals surface area contributed by atoms with Gasteiger partial charge >= 0.3 is 5.97 Å². The molecule has 2 heterocycles. The molecule has 0 saturated carbocycles. The van der Waals surface area contributed by atoms with Gasteiger partial charge in [0.2, 0.25) is 0 Å². The first-order valence-electron chi connectivity index (χ1n) is 7.88. The normalized spacial score (nSPS) is 35.5. The molecule has 0 N–H and O–H groups in total. The van der Waals surface area contributed by atoms with E-state index in [4.69, 9.17) is 19.5 Å². The molecule has 2 fully saturated rings. The maximum absolute atomic E-state index is 11.3. The topological polar surface area (TPSA) is 68.5 Å². The summed E-state index contributed by atoms with van der Waals surface area (Å²) in [6.45, 7) is 1.94. The molecule has 2 aliphatic rings. The zero-order chi connectivity index (χ0) is 16.2. The molecule has 2 aliphatic heterocycles. The average molecular weight is 421 g/mol. The number of hydrogen-bond acceptors (Lipinski definition) is 5. The average Bonchev–Trinajstić information content (AvgIpc) is 2.90. The number of carbonyl (C=O) groups is 1. The van der Waals surface area contributed by atoms with Crippen molar-refractivity contribution in [2.24, 2.45) is 5.92 Å². The first kappa shape index (κ1) is 18.0. The molecule has 124 valence electrons. The van der Waals surface area contributed by atoms with Crippen molar-refractivity contribution < 1.29 is 19.0 Å². The van der Waals surface area contributed by atoms with E-state index in [0.29, 0.717) is 12.8 Å². The van der Waals surface area contributed by atoms with E-state index in [-0.39, 0.29) is 35.8 Å². The summed E-state index contributed by atoms with van der Waals surface area (Å²) in [4.78, 5) is 11.3. The Labute approximate surface area is 145 Å². The van der Waals surface area contributed by atoms with Crippen LogP contribution in [-0.2, 0) is 19.0 Å². The minimum Gasteiger partial charge on any atom is -0.469 e. The summed E-state index contributed by atoms with van der Waals surface area (Å²) in [5, 5.41) is 8.99. The number of fused-ring (bicyclic) bond motifs is 1. The molecule has 2 saturated heterocycles. The molecule has 0 aromatic carbocycles. The number of nitriles is 1. The van der Waals surface area contributed by atoms with Crippen molar-refractivity contribution in [1.82, 2.24) is 0 Å². The van der Waals surface area contributed by atoms with Crippen LogP contribution in [0.15, 0.2) is 0 Å². The maximum atomic E-state index is 11.3. The molecule has 0 amide bonds. The Morgan fingerprint density at radius 3 is 2.91 bits per heavy atom. The van der Waals surface area contributed by atoms with Crippen molar-refractivity contribution in [3.63, 3.8) is 0 Å². The molecule has 2 rings (SSSR count). The zero-order valence-electron chi connectivity index (χ0n) is 13.2. The Kier molecular flexibility index (Phi) is 6.47. The molecule has 0 aromatic heterocycles. The summed E-state index contributed by atoms with van der Waals surface area (Å²) < 4.78 is 18.1. The SMILES string of the molecule is COC(=O)CCC1CC2(CI)O[C@@H](C[C@@H](C)C#N)CC[C@@H]2O1. The highest BCUT2D eigenvalue weighted by molar-refractivity contribution is 14.1. The van der Waals surface area contributed by atoms with E-state index in [1.165, 1.54) is 7.11 Å². The summed E-state index contributed by atoms with van der Waals surface area (Å²) in [6, 6.07) is 2.29. The highest BCUT2D eigenvalue weighted by atomic mass is 127. The van der Waals surface area contributed by atoms with Crippen molar-refractivity contribution in [2.45, 2.75) is 69.4 Å². The number of hydrogen-bond donors (Lipinski definition) is 0. The highest BCUT2D eigenvalue weighted by Gasteiger charge is 2.52. The van der Waals surface area contributed by atoms with E-state index >= 15 is 0 Å². The van der Waals surface area contributed by atoms with Gasteiger partial charge < -0.3 is 14.2 Å². The fraction of sp³-hybridized carbons (Fsp3) is 0.875. The zero-order valence-corrected chi connectivity index (χ0v) is 15.4. The van der Waals surface area contributed by atoms with Gasteiger partial charge in [-0.2, -0.15) is 5.26 Å². The smallest absolute Gasteiger partial charge is 0.305 e. The molecule has 6 heteroatoms. The van der Waals surface area contributed by atoms with Crippen LogP contribution >= 0.6 is 22.6 Å². The number of ether oxygens (including phenoxy) is 3. The first-order valence-corrected chi connectivity index (χ1v) is 9.41. The van der Waals surface area contributed by atoms with Crippen LogP contribution < -0.4 is 0 Å². The van der Waals surface area contributed by atoms with Crippen molar-refractivity contribution >= 4 is 28.6 Å². The predicted octanol–water partition coefficient (Wildman–Crippen LogP) is 3.00. The summed E-state index contributed by atoms with van der Waals surface area (Å²) in [6.07, 6.45) is 4.92. The van der Waals surface area contributed by atoms with Gasteiger partial charge in [0, 0.05) is 23.2 Å². The van der Waals surface area contributed by atoms with Gasteiger partial charge in [-0.3, -0.25) is 4.79 Å². The lowest BCUT2D eigenvalue weighted by molar-refractivity contribution is -0.155. The summed E-state index contributed by atoms with van der Waals surface area (Å²) in [5.74, 6) is -0.172. The van der Waals surface area contributed by atoms with Gasteiger partial charge in [0.1, 0.15) is 5.60 Å². The Morgan fingerprint density at radius 1 is 1.50 bits per heavy atom. The monoisotopic (exact) mass is 421 g/mol. The Bertz CT molecular complexity index is 438. The van der Waals surface area contributed by atoms with Crippen LogP contribution in [0, 0.1) is 17.2 Å². The largest absolute Gasteiger partial charge is 0.469 e. The second-order valence-electron chi connectivity index (χ2n) is 6.35. The fourth-order valence-corrected chi connectivity index (χ4v) is 4.42. The number of alkyl halides is 1. The first-order chi connectivity index (χ1) is 10.5. The lowest BCUT2D eigenvalue weighted by Gasteiger charge is -2.41. The third-order valence-electron chi connectivity index (χ3n) is 4.63. The van der Waals surface area contributed by atoms with Gasteiger partial charge in [-0.25, -0.2) is 0 Å². The highest BCUT2D eigenvalue weighted by Crippen LogP contribution is 2.44. The maximum Gasteiger partial charge on any atom is 0.305 e. The third kappa shape index (κ3) is 4.12. The fourth-order valence-electron chi connectivity index (χ4n) is 3.44. The van der Waals surface area contributed by atoms with E-state index in [1.807, 2.05) is 6.92 Å². The van der Waals surface area contributed by atoms with Gasteiger partial charge in [-0.05, 0) is 32.6 Å². The van der Waals surface area contributed by atoms with Crippen molar-refractivity contribution in [2.75, 3.05) is 11.5 Å². The molecule has 0 radical (unpaired) electrons. The van der Waals surface area contributed by atoms with Crippen LogP contribution in [0.3, 0.4) is 0 Å². The van der Waals surface area contributed by atoms with Gasteiger partial charge in [0.25, 0.3) is 0 Å². The van der Waals surface area contributed by atoms with Gasteiger partial charge in [-0.1, -0.05) is 22.6 Å². The molecule has 5 nitrogen and oxygen atoms in total. The Balaban J connectivity index is 1.94. The number of halogens is 1. The van der Waals surface area contributed by atoms with Crippen LogP contribution in [0.4, 0.5) is 0 Å². The number of carbonyl (C=O) groups excluding carboxylic acids is 1. The van der Waals surface area contributed by atoms with E-state index in [9.17, 15) is 4.79 Å². The quantitative estimate of drug-likeness (QED) is 0.375. The van der Waals surface area contributed by atoms with Crippen molar-refractivity contribution in [3.05, 3.63) is 0 Å². The summed E-state index contributed by atoms with van der Waals surface area (Å²) in [5.41, 5.74) is -0.251. The minimum absolute atomic E-state index is 0.0188. The van der Waals surface area contributed by atoms with Crippen molar-refractivity contribution in [3.8, 4) is 6.07 Å². The molecule has 5 atom stereocenters. The van der Waals surface area contributed by atoms with Crippen LogP contribution in [-0.4, -0.2) is 41.4 Å². The van der Waals surface area contributed by atoms with Crippen molar-refractivity contribution in [1.29, 1.82) is 5.26 Å². The van der Waals surface area contributed by atoms with Gasteiger partial charge in [0.05, 0.1) is 31.5 Å². The van der Waals surface area contributed by atoms with E-state index in [1.54, 1.807) is 0 Å². The van der Waals surface area contributed by atoms with Crippen LogP contribution in [0.25, 0.3) is 0 Å². The molecular formula is C16H24INO4. The molecular weight excluding hydrogens is 397 g/mol. The third-order valence-corrected chi connectivity index (χ3v) is 5.92. The van der Waals surface area contributed by atoms with E-state index in [0.717, 1.165) is 30.1 Å². The Morgan fingerprint density at radius 2 is 2.27 bits per heavy atom. The van der Waals surface area contributed by atoms with E-state index < -0.39 is 0 Å². The summed E-state index contributed by atoms with van der Waals surface area (Å²) in [7, 11) is 1.41. The standard InChI is InChI=1S/C16H24INO4/c1-11(9-18)7-12-3-5-14-16(10-17,22-12)8-13(21-14)4-6-15(19)20-2/h11-14H,3-8,10H2,1-2H3/t11-,12-,13?,14+,16?/m1/s1. The molecule has 0 bridgehead atoms. The minimum atomic E-state index is -0.251. The lowest BCUT2D eigenvalue weighted by atomic mass is 9.86. The molecule has 0 aromatic rings. The molecule has 22 heavy (non-hydrogen) atoms. The second kappa shape index (κ2) is 7.93. The molecule has 0 spiro atoms. The predicted molar refractivity (Wildman–Crippen MR) is 89.6 cm³/mol. The van der Waals surface area contributed by atoms with Gasteiger partial charge in [-0.15, -0.1) is 0 Å². The Hall–Kier alpha value is -0.390. The van der Waals surface area contributed by atoms with Crippen LogP contribution in [0.2, 0.25) is 0 Å². The lowest BCUT2D eigenvalue weighted by Crippen LogP contribution is -2.50. The number of esters is 1. The van der Waals surface area contributed by atoms with Gasteiger partial charge in [0.15, 0.2) is 0 Å². The summed E-state index contributed by atoms with van der Waals surface area (Å²) >= 11 is 2.37. The van der Waals surface area contributed by atoms with Crippen LogP contribution in [0.1, 0.15) is 45.4 Å². The van der Waals surface area contributed by atoms with E-state index in [2.05, 4.69) is 28.7 Å². The van der Waals surface area contributed by atoms with Crippen LogP contribution in [0.5, 0.6) is 0 Å². The number of rotatable bonds is 6. The number of methoxy groups -OCH3 is 1. The molecule has 0 aliphatic carbocycles. The number of nitrogens with zero attached hydrogens (tertiary/aromatic N) is 1.